The van der Waals surface area contributed by atoms with E-state index in [-0.39, 0.29) is 0 Å². The molecule has 0 heterocycles. The van der Waals surface area contributed by atoms with Crippen LogP contribution in [0.5, 0.6) is 0 Å². The van der Waals surface area contributed by atoms with E-state index in [2.05, 4.69) is 36.0 Å². The van der Waals surface area contributed by atoms with Gasteiger partial charge < -0.3 is 4.74 Å². The number of rotatable bonds is 8. The van der Waals surface area contributed by atoms with Gasteiger partial charge in [-0.25, -0.2) is 0 Å². The van der Waals surface area contributed by atoms with Crippen LogP contribution in [0.2, 0.25) is 0 Å². The van der Waals surface area contributed by atoms with Crippen LogP contribution in [0.15, 0.2) is 35.0 Å². The van der Waals surface area contributed by atoms with E-state index < -0.39 is 0 Å². The molecule has 0 N–H and O–H groups in total. The summed E-state index contributed by atoms with van der Waals surface area (Å²) in [6.07, 6.45) is 6.75. The third kappa shape index (κ3) is 8.49. The standard InChI is InChI=1S/C13H21BrO/c1-5-6-7-8-9-15-13(12(4)14)10-11(2)3/h10H,2,4-9H2,1,3H3/b13-10+. The lowest BCUT2D eigenvalue weighted by Gasteiger charge is -2.09. The minimum atomic E-state index is 0.754. The molecule has 0 aliphatic heterocycles. The second-order valence-electron chi connectivity index (χ2n) is 3.67. The lowest BCUT2D eigenvalue weighted by molar-refractivity contribution is 0.216. The van der Waals surface area contributed by atoms with E-state index in [0.717, 1.165) is 28.8 Å². The highest BCUT2D eigenvalue weighted by atomic mass is 79.9. The van der Waals surface area contributed by atoms with E-state index >= 15 is 0 Å². The molecule has 86 valence electrons. The molecule has 0 aromatic heterocycles. The number of allylic oxidation sites excluding steroid dienone is 3. The quantitative estimate of drug-likeness (QED) is 0.345. The lowest BCUT2D eigenvalue weighted by atomic mass is 10.2. The zero-order valence-electron chi connectivity index (χ0n) is 9.81. The topological polar surface area (TPSA) is 9.23 Å². The molecule has 0 bridgehead atoms. The molecule has 2 heteroatoms. The van der Waals surface area contributed by atoms with Gasteiger partial charge in [-0.3, -0.25) is 0 Å². The van der Waals surface area contributed by atoms with E-state index in [0.29, 0.717) is 0 Å². The molecule has 0 amide bonds. The molecule has 0 saturated heterocycles. The van der Waals surface area contributed by atoms with Gasteiger partial charge in [0.2, 0.25) is 0 Å². The monoisotopic (exact) mass is 272 g/mol. The first-order chi connectivity index (χ1) is 7.07. The van der Waals surface area contributed by atoms with E-state index in [1.807, 2.05) is 13.0 Å². The molecule has 15 heavy (non-hydrogen) atoms. The maximum atomic E-state index is 5.61. The smallest absolute Gasteiger partial charge is 0.133 e. The normalized spacial score (nSPS) is 11.3. The fourth-order valence-corrected chi connectivity index (χ4v) is 1.36. The lowest BCUT2D eigenvalue weighted by Crippen LogP contribution is -1.95. The molecule has 0 aromatic carbocycles. The Morgan fingerprint density at radius 2 is 1.93 bits per heavy atom. The fourth-order valence-electron chi connectivity index (χ4n) is 1.13. The van der Waals surface area contributed by atoms with Gasteiger partial charge in [-0.2, -0.15) is 0 Å². The summed E-state index contributed by atoms with van der Waals surface area (Å²) in [5, 5.41) is 0. The molecular formula is C13H21BrO. The Bertz CT molecular complexity index is 241. The Morgan fingerprint density at radius 3 is 2.40 bits per heavy atom. The number of halogens is 1. The van der Waals surface area contributed by atoms with Gasteiger partial charge in [-0.15, -0.1) is 0 Å². The van der Waals surface area contributed by atoms with Crippen molar-refractivity contribution in [1.29, 1.82) is 0 Å². The number of hydrogen-bond donors (Lipinski definition) is 0. The highest BCUT2D eigenvalue weighted by Crippen LogP contribution is 2.18. The number of hydrogen-bond acceptors (Lipinski definition) is 1. The first-order valence-electron chi connectivity index (χ1n) is 5.42. The molecule has 0 spiro atoms. The third-order valence-corrected chi connectivity index (χ3v) is 2.29. The van der Waals surface area contributed by atoms with E-state index in [1.165, 1.54) is 19.3 Å². The Labute approximate surface area is 102 Å². The van der Waals surface area contributed by atoms with Crippen LogP contribution in [-0.2, 0) is 4.74 Å². The van der Waals surface area contributed by atoms with Crippen molar-refractivity contribution in [2.45, 2.75) is 39.5 Å². The van der Waals surface area contributed by atoms with E-state index in [9.17, 15) is 0 Å². The summed E-state index contributed by atoms with van der Waals surface area (Å²) in [6, 6.07) is 0. The molecular weight excluding hydrogens is 252 g/mol. The Balaban J connectivity index is 3.88. The van der Waals surface area contributed by atoms with Gasteiger partial charge in [-0.1, -0.05) is 44.9 Å². The van der Waals surface area contributed by atoms with Gasteiger partial charge in [0, 0.05) is 0 Å². The fraction of sp³-hybridized carbons (Fsp3) is 0.538. The average molecular weight is 273 g/mol. The molecule has 0 rings (SSSR count). The molecule has 0 saturated carbocycles. The summed E-state index contributed by atoms with van der Waals surface area (Å²) in [7, 11) is 0. The minimum absolute atomic E-state index is 0.754. The van der Waals surface area contributed by atoms with Crippen molar-refractivity contribution >= 4 is 15.9 Å². The molecule has 0 aromatic rings. The predicted molar refractivity (Wildman–Crippen MR) is 71.1 cm³/mol. The largest absolute Gasteiger partial charge is 0.492 e. The van der Waals surface area contributed by atoms with Crippen LogP contribution in [0.3, 0.4) is 0 Å². The van der Waals surface area contributed by atoms with Crippen LogP contribution in [0.4, 0.5) is 0 Å². The van der Waals surface area contributed by atoms with Crippen LogP contribution in [0.1, 0.15) is 39.5 Å². The number of unbranched alkanes of at least 4 members (excludes halogenated alkanes) is 3. The second-order valence-corrected chi connectivity index (χ2v) is 4.63. The first kappa shape index (κ1) is 14.5. The van der Waals surface area contributed by atoms with Gasteiger partial charge in [0.1, 0.15) is 5.76 Å². The van der Waals surface area contributed by atoms with Crippen LogP contribution in [0, 0.1) is 0 Å². The van der Waals surface area contributed by atoms with Gasteiger partial charge in [-0.05, 0) is 35.4 Å². The molecule has 0 aliphatic carbocycles. The van der Waals surface area contributed by atoms with E-state index in [1.54, 1.807) is 0 Å². The summed E-state index contributed by atoms with van der Waals surface area (Å²) in [6.45, 7) is 12.5. The predicted octanol–water partition coefficient (Wildman–Crippen LogP) is 4.95. The van der Waals surface area contributed by atoms with Crippen molar-refractivity contribution in [2.24, 2.45) is 0 Å². The van der Waals surface area contributed by atoms with Crippen LogP contribution >= 0.6 is 15.9 Å². The molecule has 1 nitrogen and oxygen atoms in total. The van der Waals surface area contributed by atoms with Gasteiger partial charge in [0.05, 0.1) is 11.1 Å². The second kappa shape index (κ2) is 8.78. The maximum absolute atomic E-state index is 5.61. The van der Waals surface area contributed by atoms with Crippen molar-refractivity contribution in [1.82, 2.24) is 0 Å². The zero-order chi connectivity index (χ0) is 11.7. The van der Waals surface area contributed by atoms with Crippen molar-refractivity contribution in [3.63, 3.8) is 0 Å². The van der Waals surface area contributed by atoms with E-state index in [4.69, 9.17) is 4.74 Å². The van der Waals surface area contributed by atoms with Crippen LogP contribution in [-0.4, -0.2) is 6.61 Å². The molecule has 0 radical (unpaired) electrons. The van der Waals surface area contributed by atoms with Gasteiger partial charge in [0.15, 0.2) is 0 Å². The highest BCUT2D eigenvalue weighted by molar-refractivity contribution is 9.11. The highest BCUT2D eigenvalue weighted by Gasteiger charge is 2.00. The SMILES string of the molecule is C=C(C)/C=C(/OCCCCCC)C(=C)Br. The van der Waals surface area contributed by atoms with Crippen molar-refractivity contribution in [3.05, 3.63) is 35.0 Å². The third-order valence-electron chi connectivity index (χ3n) is 1.90. The average Bonchev–Trinajstić information content (AvgIpc) is 2.15. The van der Waals surface area contributed by atoms with Gasteiger partial charge in [0.25, 0.3) is 0 Å². The van der Waals surface area contributed by atoms with Crippen molar-refractivity contribution in [3.8, 4) is 0 Å². The summed E-state index contributed by atoms with van der Waals surface area (Å²) < 4.78 is 6.39. The molecule has 0 unspecified atom stereocenters. The van der Waals surface area contributed by atoms with Crippen LogP contribution in [0.25, 0.3) is 0 Å². The molecule has 0 fully saturated rings. The van der Waals surface area contributed by atoms with Crippen LogP contribution < -0.4 is 0 Å². The summed E-state index contributed by atoms with van der Waals surface area (Å²) in [5.74, 6) is 0.791. The van der Waals surface area contributed by atoms with Crippen molar-refractivity contribution in [2.75, 3.05) is 6.61 Å². The molecule has 0 aliphatic rings. The van der Waals surface area contributed by atoms with Crippen molar-refractivity contribution < 1.29 is 4.74 Å². The first-order valence-corrected chi connectivity index (χ1v) is 6.22. The Morgan fingerprint density at radius 1 is 1.27 bits per heavy atom. The number of ether oxygens (including phenoxy) is 1. The summed E-state index contributed by atoms with van der Waals surface area (Å²) >= 11 is 3.32. The Hall–Kier alpha value is -0.500. The summed E-state index contributed by atoms with van der Waals surface area (Å²) in [4.78, 5) is 0. The summed E-state index contributed by atoms with van der Waals surface area (Å²) in [5.41, 5.74) is 0.971. The Kier molecular flexibility index (Phi) is 8.49. The molecule has 0 atom stereocenters. The van der Waals surface area contributed by atoms with Gasteiger partial charge >= 0.3 is 0 Å². The maximum Gasteiger partial charge on any atom is 0.133 e. The minimum Gasteiger partial charge on any atom is -0.492 e. The zero-order valence-corrected chi connectivity index (χ0v) is 11.4.